The van der Waals surface area contributed by atoms with Crippen molar-refractivity contribution in [2.75, 3.05) is 6.61 Å². The van der Waals surface area contributed by atoms with Gasteiger partial charge in [0.2, 0.25) is 0 Å². The van der Waals surface area contributed by atoms with Crippen LogP contribution >= 0.6 is 0 Å². The Morgan fingerprint density at radius 3 is 3.09 bits per heavy atom. The minimum absolute atomic E-state index is 0.283. The Kier molecular flexibility index (Phi) is 2.48. The highest BCUT2D eigenvalue weighted by Gasteiger charge is 1.93. The maximum absolute atomic E-state index is 10.1. The number of nitrogens with zero attached hydrogens (tertiary/aromatic N) is 2. The number of aromatic nitrogens is 2. The number of hydrogen-bond acceptors (Lipinski definition) is 3. The molecule has 0 aliphatic carbocycles. The van der Waals surface area contributed by atoms with Gasteiger partial charge < -0.3 is 15.0 Å². The van der Waals surface area contributed by atoms with E-state index in [0.29, 0.717) is 6.54 Å². The van der Waals surface area contributed by atoms with Crippen LogP contribution in [0.1, 0.15) is 0 Å². The number of carbonyl (C=O) groups excluding carboxylic acids is 1. The molecular weight excluding hydrogens is 146 g/mol. The van der Waals surface area contributed by atoms with Crippen LogP contribution in [0.15, 0.2) is 18.7 Å². The van der Waals surface area contributed by atoms with E-state index >= 15 is 0 Å². The summed E-state index contributed by atoms with van der Waals surface area (Å²) in [7, 11) is 0. The summed E-state index contributed by atoms with van der Waals surface area (Å²) in [6.45, 7) is 0.870. The first-order valence-electron chi connectivity index (χ1n) is 3.17. The zero-order chi connectivity index (χ0) is 8.10. The van der Waals surface area contributed by atoms with Gasteiger partial charge in [-0.05, 0) is 0 Å². The predicted molar refractivity (Wildman–Crippen MR) is 37.8 cm³/mol. The van der Waals surface area contributed by atoms with Gasteiger partial charge in [-0.2, -0.15) is 0 Å². The fourth-order valence-electron chi connectivity index (χ4n) is 0.671. The molecule has 1 aromatic rings. The lowest BCUT2D eigenvalue weighted by molar-refractivity contribution is 0.152. The van der Waals surface area contributed by atoms with Crippen molar-refractivity contribution < 1.29 is 9.53 Å². The normalized spacial score (nSPS) is 9.45. The molecule has 0 spiro atoms. The van der Waals surface area contributed by atoms with Crippen molar-refractivity contribution in [3.8, 4) is 0 Å². The van der Waals surface area contributed by atoms with Gasteiger partial charge in [0.25, 0.3) is 0 Å². The highest BCUT2D eigenvalue weighted by atomic mass is 16.5. The molecule has 0 aliphatic rings. The summed E-state index contributed by atoms with van der Waals surface area (Å²) in [6.07, 6.45) is 4.34. The minimum atomic E-state index is -0.745. The molecular formula is C6H9N3O2. The molecule has 1 amide bonds. The Balaban J connectivity index is 2.19. The first-order valence-corrected chi connectivity index (χ1v) is 3.17. The molecule has 11 heavy (non-hydrogen) atoms. The van der Waals surface area contributed by atoms with Crippen LogP contribution in [-0.2, 0) is 11.3 Å². The molecule has 0 aliphatic heterocycles. The predicted octanol–water partition coefficient (Wildman–Crippen LogP) is -0.0216. The Hall–Kier alpha value is -1.52. The van der Waals surface area contributed by atoms with Crippen LogP contribution in [0.25, 0.3) is 0 Å². The van der Waals surface area contributed by atoms with Crippen molar-refractivity contribution in [1.29, 1.82) is 0 Å². The SMILES string of the molecule is NC(=O)OCCn1ccnc1. The molecule has 0 atom stereocenters. The molecule has 1 heterocycles. The summed E-state index contributed by atoms with van der Waals surface area (Å²) in [4.78, 5) is 13.9. The van der Waals surface area contributed by atoms with Crippen molar-refractivity contribution in [1.82, 2.24) is 9.55 Å². The largest absolute Gasteiger partial charge is 0.448 e. The van der Waals surface area contributed by atoms with Crippen LogP contribution < -0.4 is 5.73 Å². The van der Waals surface area contributed by atoms with Crippen LogP contribution in [0, 0.1) is 0 Å². The Bertz CT molecular complexity index is 220. The van der Waals surface area contributed by atoms with Crippen LogP contribution in [0.4, 0.5) is 4.79 Å². The molecule has 1 rings (SSSR count). The van der Waals surface area contributed by atoms with Crippen molar-refractivity contribution in [3.05, 3.63) is 18.7 Å². The molecule has 0 saturated carbocycles. The third kappa shape index (κ3) is 2.70. The summed E-state index contributed by atoms with van der Waals surface area (Å²) in [5.74, 6) is 0. The molecule has 0 aromatic carbocycles. The zero-order valence-electron chi connectivity index (χ0n) is 5.93. The number of rotatable bonds is 3. The van der Waals surface area contributed by atoms with E-state index in [-0.39, 0.29) is 6.61 Å². The van der Waals surface area contributed by atoms with Gasteiger partial charge in [-0.3, -0.25) is 0 Å². The lowest BCUT2D eigenvalue weighted by atomic mass is 10.7. The average molecular weight is 155 g/mol. The number of hydrogen-bond donors (Lipinski definition) is 1. The fourth-order valence-corrected chi connectivity index (χ4v) is 0.671. The summed E-state index contributed by atoms with van der Waals surface area (Å²) >= 11 is 0. The third-order valence-electron chi connectivity index (χ3n) is 1.15. The highest BCUT2D eigenvalue weighted by Crippen LogP contribution is 1.85. The number of ether oxygens (including phenoxy) is 1. The van der Waals surface area contributed by atoms with Crippen molar-refractivity contribution in [2.24, 2.45) is 5.73 Å². The maximum atomic E-state index is 10.1. The summed E-state index contributed by atoms with van der Waals surface area (Å²) < 4.78 is 6.30. The maximum Gasteiger partial charge on any atom is 0.404 e. The monoisotopic (exact) mass is 155 g/mol. The second kappa shape index (κ2) is 3.60. The summed E-state index contributed by atoms with van der Waals surface area (Å²) in [5.41, 5.74) is 4.75. The second-order valence-electron chi connectivity index (χ2n) is 1.97. The first kappa shape index (κ1) is 7.59. The van der Waals surface area contributed by atoms with Gasteiger partial charge in [0.15, 0.2) is 0 Å². The van der Waals surface area contributed by atoms with Crippen molar-refractivity contribution in [3.63, 3.8) is 0 Å². The number of amides is 1. The van der Waals surface area contributed by atoms with E-state index in [2.05, 4.69) is 9.72 Å². The molecule has 0 radical (unpaired) electrons. The summed E-state index contributed by atoms with van der Waals surface area (Å²) in [6, 6.07) is 0. The standard InChI is InChI=1S/C6H9N3O2/c7-6(10)11-4-3-9-2-1-8-5-9/h1-2,5H,3-4H2,(H2,7,10). The molecule has 1 aromatic heterocycles. The molecule has 0 saturated heterocycles. The van der Waals surface area contributed by atoms with E-state index in [9.17, 15) is 4.79 Å². The van der Waals surface area contributed by atoms with Crippen molar-refractivity contribution >= 4 is 6.09 Å². The number of carbonyl (C=O) groups is 1. The Morgan fingerprint density at radius 2 is 2.55 bits per heavy atom. The van der Waals surface area contributed by atoms with E-state index in [0.717, 1.165) is 0 Å². The lowest BCUT2D eigenvalue weighted by Gasteiger charge is -2.00. The Morgan fingerprint density at radius 1 is 1.73 bits per heavy atom. The molecule has 0 fully saturated rings. The van der Waals surface area contributed by atoms with Gasteiger partial charge in [-0.1, -0.05) is 0 Å². The molecule has 5 nitrogen and oxygen atoms in total. The van der Waals surface area contributed by atoms with Gasteiger partial charge in [-0.25, -0.2) is 9.78 Å². The lowest BCUT2D eigenvalue weighted by Crippen LogP contribution is -2.16. The van der Waals surface area contributed by atoms with Crippen LogP contribution in [-0.4, -0.2) is 22.3 Å². The van der Waals surface area contributed by atoms with Crippen LogP contribution in [0.3, 0.4) is 0 Å². The molecule has 60 valence electrons. The zero-order valence-corrected chi connectivity index (χ0v) is 5.93. The van der Waals surface area contributed by atoms with Gasteiger partial charge in [0.1, 0.15) is 6.61 Å². The number of primary amides is 1. The Labute approximate surface area is 63.8 Å². The van der Waals surface area contributed by atoms with Gasteiger partial charge in [0, 0.05) is 12.4 Å². The summed E-state index contributed by atoms with van der Waals surface area (Å²) in [5, 5.41) is 0. The fraction of sp³-hybridized carbons (Fsp3) is 0.333. The van der Waals surface area contributed by atoms with Crippen LogP contribution in [0.2, 0.25) is 0 Å². The molecule has 5 heteroatoms. The molecule has 0 unspecified atom stereocenters. The van der Waals surface area contributed by atoms with E-state index in [1.165, 1.54) is 0 Å². The smallest absolute Gasteiger partial charge is 0.404 e. The van der Waals surface area contributed by atoms with Crippen LogP contribution in [0.5, 0.6) is 0 Å². The average Bonchev–Trinajstić information content (AvgIpc) is 2.39. The number of imidazole rings is 1. The van der Waals surface area contributed by atoms with E-state index in [4.69, 9.17) is 5.73 Å². The highest BCUT2D eigenvalue weighted by molar-refractivity contribution is 5.64. The van der Waals surface area contributed by atoms with Gasteiger partial charge in [-0.15, -0.1) is 0 Å². The molecule has 0 bridgehead atoms. The van der Waals surface area contributed by atoms with Gasteiger partial charge in [0.05, 0.1) is 12.9 Å². The minimum Gasteiger partial charge on any atom is -0.448 e. The third-order valence-corrected chi connectivity index (χ3v) is 1.15. The van der Waals surface area contributed by atoms with Crippen molar-refractivity contribution in [2.45, 2.75) is 6.54 Å². The topological polar surface area (TPSA) is 70.1 Å². The van der Waals surface area contributed by atoms with E-state index in [1.54, 1.807) is 23.3 Å². The number of nitrogens with two attached hydrogens (primary N) is 1. The molecule has 2 N–H and O–H groups in total. The quantitative estimate of drug-likeness (QED) is 0.666. The van der Waals surface area contributed by atoms with E-state index < -0.39 is 6.09 Å². The second-order valence-corrected chi connectivity index (χ2v) is 1.97. The van der Waals surface area contributed by atoms with E-state index in [1.807, 2.05) is 0 Å². The first-order chi connectivity index (χ1) is 5.29. The van der Waals surface area contributed by atoms with Gasteiger partial charge >= 0.3 is 6.09 Å².